The SMILES string of the molecule is CC(C(=O)N[C@H](C)c1ccccc1)=C1CNC1. The average molecular weight is 230 g/mol. The summed E-state index contributed by atoms with van der Waals surface area (Å²) in [5.74, 6) is 0.0397. The highest BCUT2D eigenvalue weighted by Crippen LogP contribution is 2.14. The molecule has 0 radical (unpaired) electrons. The van der Waals surface area contributed by atoms with Crippen molar-refractivity contribution in [3.63, 3.8) is 0 Å². The maximum Gasteiger partial charge on any atom is 0.247 e. The van der Waals surface area contributed by atoms with Crippen LogP contribution in [0.3, 0.4) is 0 Å². The predicted octanol–water partition coefficient (Wildman–Crippen LogP) is 1.78. The lowest BCUT2D eigenvalue weighted by molar-refractivity contribution is -0.118. The summed E-state index contributed by atoms with van der Waals surface area (Å²) in [6, 6.07) is 10.0. The second kappa shape index (κ2) is 5.15. The summed E-state index contributed by atoms with van der Waals surface area (Å²) < 4.78 is 0. The molecule has 1 atom stereocenters. The fourth-order valence-electron chi connectivity index (χ4n) is 1.81. The normalized spacial score (nSPS) is 16.0. The van der Waals surface area contributed by atoms with Gasteiger partial charge in [-0.25, -0.2) is 0 Å². The van der Waals surface area contributed by atoms with E-state index in [0.29, 0.717) is 0 Å². The lowest BCUT2D eigenvalue weighted by atomic mass is 10.0. The number of amides is 1. The van der Waals surface area contributed by atoms with Crippen LogP contribution in [0.4, 0.5) is 0 Å². The van der Waals surface area contributed by atoms with Crippen LogP contribution in [0.2, 0.25) is 0 Å². The molecule has 1 aromatic rings. The summed E-state index contributed by atoms with van der Waals surface area (Å²) in [6.45, 7) is 5.59. The third-order valence-electron chi connectivity index (χ3n) is 3.19. The van der Waals surface area contributed by atoms with Crippen molar-refractivity contribution in [2.75, 3.05) is 13.1 Å². The molecule has 1 aliphatic rings. The number of carbonyl (C=O) groups is 1. The Morgan fingerprint density at radius 1 is 1.29 bits per heavy atom. The van der Waals surface area contributed by atoms with Gasteiger partial charge in [0.15, 0.2) is 0 Å². The molecule has 3 nitrogen and oxygen atoms in total. The molecule has 90 valence electrons. The molecule has 17 heavy (non-hydrogen) atoms. The lowest BCUT2D eigenvalue weighted by Gasteiger charge is -2.22. The van der Waals surface area contributed by atoms with Gasteiger partial charge in [-0.1, -0.05) is 30.3 Å². The molecule has 0 bridgehead atoms. The van der Waals surface area contributed by atoms with Crippen LogP contribution in [-0.2, 0) is 4.79 Å². The molecule has 0 unspecified atom stereocenters. The average Bonchev–Trinajstić information content (AvgIpc) is 2.27. The number of nitrogens with one attached hydrogen (secondary N) is 2. The Kier molecular flexibility index (Phi) is 3.59. The second-order valence-electron chi connectivity index (χ2n) is 4.44. The van der Waals surface area contributed by atoms with E-state index in [9.17, 15) is 4.79 Å². The molecule has 2 N–H and O–H groups in total. The lowest BCUT2D eigenvalue weighted by Crippen LogP contribution is -2.38. The Morgan fingerprint density at radius 2 is 1.94 bits per heavy atom. The third kappa shape index (κ3) is 2.74. The van der Waals surface area contributed by atoms with E-state index >= 15 is 0 Å². The first-order chi connectivity index (χ1) is 8.18. The van der Waals surface area contributed by atoms with Gasteiger partial charge < -0.3 is 10.6 Å². The predicted molar refractivity (Wildman–Crippen MR) is 68.6 cm³/mol. The zero-order valence-electron chi connectivity index (χ0n) is 10.3. The number of rotatable bonds is 3. The van der Waals surface area contributed by atoms with Crippen LogP contribution in [-0.4, -0.2) is 19.0 Å². The Hall–Kier alpha value is -1.61. The number of hydrogen-bond donors (Lipinski definition) is 2. The summed E-state index contributed by atoms with van der Waals surface area (Å²) in [5.41, 5.74) is 3.19. The Labute approximate surface area is 102 Å². The van der Waals surface area contributed by atoms with Crippen LogP contribution in [0.25, 0.3) is 0 Å². The standard InChI is InChI=1S/C14H18N2O/c1-10(13-8-15-9-13)14(17)16-11(2)12-6-4-3-5-7-12/h3-7,11,15H,8-9H2,1-2H3,(H,16,17)/t11-/m1/s1. The molecular formula is C14H18N2O. The molecule has 3 heteroatoms. The molecule has 1 heterocycles. The first-order valence-electron chi connectivity index (χ1n) is 5.93. The summed E-state index contributed by atoms with van der Waals surface area (Å²) in [4.78, 5) is 12.0. The quantitative estimate of drug-likeness (QED) is 0.777. The highest BCUT2D eigenvalue weighted by atomic mass is 16.1. The van der Waals surface area contributed by atoms with Gasteiger partial charge in [-0.3, -0.25) is 4.79 Å². The van der Waals surface area contributed by atoms with Gasteiger partial charge in [-0.15, -0.1) is 0 Å². The van der Waals surface area contributed by atoms with E-state index in [4.69, 9.17) is 0 Å². The third-order valence-corrected chi connectivity index (χ3v) is 3.19. The van der Waals surface area contributed by atoms with Gasteiger partial charge >= 0.3 is 0 Å². The van der Waals surface area contributed by atoms with Crippen molar-refractivity contribution in [2.45, 2.75) is 19.9 Å². The van der Waals surface area contributed by atoms with Crippen molar-refractivity contribution < 1.29 is 4.79 Å². The Bertz CT molecular complexity index is 431. The topological polar surface area (TPSA) is 41.1 Å². The van der Waals surface area contributed by atoms with Crippen LogP contribution in [0.1, 0.15) is 25.5 Å². The van der Waals surface area contributed by atoms with E-state index in [2.05, 4.69) is 10.6 Å². The summed E-state index contributed by atoms with van der Waals surface area (Å²) >= 11 is 0. The van der Waals surface area contributed by atoms with Gasteiger partial charge in [0, 0.05) is 18.7 Å². The maximum atomic E-state index is 12.0. The number of carbonyl (C=O) groups excluding carboxylic acids is 1. The summed E-state index contributed by atoms with van der Waals surface area (Å²) in [6.07, 6.45) is 0. The van der Waals surface area contributed by atoms with E-state index < -0.39 is 0 Å². The molecule has 1 aromatic carbocycles. The molecule has 0 spiro atoms. The smallest absolute Gasteiger partial charge is 0.247 e. The molecular weight excluding hydrogens is 212 g/mol. The van der Waals surface area contributed by atoms with Gasteiger partial charge in [0.1, 0.15) is 0 Å². The van der Waals surface area contributed by atoms with Crippen molar-refractivity contribution in [2.24, 2.45) is 0 Å². The van der Waals surface area contributed by atoms with Crippen molar-refractivity contribution >= 4 is 5.91 Å². The first-order valence-corrected chi connectivity index (χ1v) is 5.93. The monoisotopic (exact) mass is 230 g/mol. The van der Waals surface area contributed by atoms with E-state index in [1.807, 2.05) is 44.2 Å². The molecule has 0 saturated carbocycles. The van der Waals surface area contributed by atoms with Gasteiger partial charge in [-0.05, 0) is 25.0 Å². The fourth-order valence-corrected chi connectivity index (χ4v) is 1.81. The van der Waals surface area contributed by atoms with Crippen molar-refractivity contribution in [1.29, 1.82) is 0 Å². The number of hydrogen-bond acceptors (Lipinski definition) is 2. The van der Waals surface area contributed by atoms with Gasteiger partial charge in [0.25, 0.3) is 0 Å². The molecule has 0 aromatic heterocycles. The largest absolute Gasteiger partial charge is 0.346 e. The van der Waals surface area contributed by atoms with E-state index in [-0.39, 0.29) is 11.9 Å². The van der Waals surface area contributed by atoms with E-state index in [1.165, 1.54) is 5.57 Å². The first kappa shape index (κ1) is 11.9. The molecule has 1 fully saturated rings. The Balaban J connectivity index is 1.99. The highest BCUT2D eigenvalue weighted by molar-refractivity contribution is 5.94. The van der Waals surface area contributed by atoms with E-state index in [1.54, 1.807) is 0 Å². The van der Waals surface area contributed by atoms with Crippen LogP contribution < -0.4 is 10.6 Å². The van der Waals surface area contributed by atoms with Gasteiger partial charge in [-0.2, -0.15) is 0 Å². The minimum absolute atomic E-state index is 0.0397. The van der Waals surface area contributed by atoms with Crippen molar-refractivity contribution in [3.05, 3.63) is 47.0 Å². The van der Waals surface area contributed by atoms with Gasteiger partial charge in [0.2, 0.25) is 5.91 Å². The zero-order valence-corrected chi connectivity index (χ0v) is 10.3. The van der Waals surface area contributed by atoms with Crippen LogP contribution in [0.15, 0.2) is 41.5 Å². The van der Waals surface area contributed by atoms with Crippen LogP contribution in [0.5, 0.6) is 0 Å². The minimum atomic E-state index is 0.0397. The number of benzene rings is 1. The fraction of sp³-hybridized carbons (Fsp3) is 0.357. The minimum Gasteiger partial charge on any atom is -0.346 e. The van der Waals surface area contributed by atoms with Gasteiger partial charge in [0.05, 0.1) is 6.04 Å². The molecule has 1 aliphatic heterocycles. The molecule has 1 amide bonds. The zero-order chi connectivity index (χ0) is 12.3. The summed E-state index contributed by atoms with van der Waals surface area (Å²) in [5, 5.41) is 6.16. The summed E-state index contributed by atoms with van der Waals surface area (Å²) in [7, 11) is 0. The molecule has 2 rings (SSSR count). The van der Waals surface area contributed by atoms with E-state index in [0.717, 1.165) is 24.2 Å². The second-order valence-corrected chi connectivity index (χ2v) is 4.44. The van der Waals surface area contributed by atoms with Crippen LogP contribution >= 0.6 is 0 Å². The molecule has 1 saturated heterocycles. The Morgan fingerprint density at radius 3 is 2.47 bits per heavy atom. The van der Waals surface area contributed by atoms with Crippen LogP contribution in [0, 0.1) is 0 Å². The maximum absolute atomic E-state index is 12.0. The van der Waals surface area contributed by atoms with Crippen molar-refractivity contribution in [3.8, 4) is 0 Å². The van der Waals surface area contributed by atoms with Crippen molar-refractivity contribution in [1.82, 2.24) is 10.6 Å². The molecule has 0 aliphatic carbocycles. The highest BCUT2D eigenvalue weighted by Gasteiger charge is 2.17.